The Kier molecular flexibility index (Phi) is 7.79. The molecule has 0 radical (unpaired) electrons. The second-order valence-electron chi connectivity index (χ2n) is 8.15. The van der Waals surface area contributed by atoms with Crippen molar-refractivity contribution in [1.82, 2.24) is 30.1 Å². The molecule has 0 saturated carbocycles. The van der Waals surface area contributed by atoms with Crippen LogP contribution in [0.5, 0.6) is 0 Å². The number of carbonyl (C=O) groups is 3. The van der Waals surface area contributed by atoms with Gasteiger partial charge in [-0.25, -0.2) is 4.79 Å². The van der Waals surface area contributed by atoms with Gasteiger partial charge in [0.25, 0.3) is 5.91 Å². The summed E-state index contributed by atoms with van der Waals surface area (Å²) in [5.41, 5.74) is 1.78. The lowest BCUT2D eigenvalue weighted by Crippen LogP contribution is -2.35. The van der Waals surface area contributed by atoms with Gasteiger partial charge in [-0.15, -0.1) is 10.2 Å². The first kappa shape index (κ1) is 23.7. The van der Waals surface area contributed by atoms with Crippen molar-refractivity contribution >= 4 is 35.3 Å². The zero-order valence-electron chi connectivity index (χ0n) is 19.0. The molecule has 1 saturated heterocycles. The van der Waals surface area contributed by atoms with Gasteiger partial charge in [0.15, 0.2) is 11.5 Å². The highest BCUT2D eigenvalue weighted by atomic mass is 32.2. The number of nitrogens with zero attached hydrogens (tertiary/aromatic N) is 4. The van der Waals surface area contributed by atoms with Crippen LogP contribution in [0.2, 0.25) is 0 Å². The number of nitrogens with one attached hydrogen (secondary N) is 2. The van der Waals surface area contributed by atoms with Gasteiger partial charge in [0.1, 0.15) is 6.04 Å². The second kappa shape index (κ2) is 11.1. The van der Waals surface area contributed by atoms with E-state index in [2.05, 4.69) is 20.8 Å². The maximum Gasteiger partial charge on any atom is 0.324 e. The highest BCUT2D eigenvalue weighted by Gasteiger charge is 2.37. The minimum absolute atomic E-state index is 0.121. The van der Waals surface area contributed by atoms with Gasteiger partial charge in [-0.05, 0) is 49.0 Å². The zero-order valence-corrected chi connectivity index (χ0v) is 19.8. The van der Waals surface area contributed by atoms with Crippen molar-refractivity contribution < 1.29 is 14.4 Å². The van der Waals surface area contributed by atoms with Crippen molar-refractivity contribution in [2.75, 3.05) is 18.6 Å². The largest absolute Gasteiger partial charge is 0.346 e. The summed E-state index contributed by atoms with van der Waals surface area (Å²) < 4.78 is 1.87. The van der Waals surface area contributed by atoms with E-state index in [4.69, 9.17) is 0 Å². The molecule has 34 heavy (non-hydrogen) atoms. The van der Waals surface area contributed by atoms with Gasteiger partial charge in [0.2, 0.25) is 5.91 Å². The number of pyridine rings is 1. The van der Waals surface area contributed by atoms with Crippen molar-refractivity contribution in [3.8, 4) is 0 Å². The van der Waals surface area contributed by atoms with Crippen LogP contribution in [0.1, 0.15) is 36.7 Å². The molecule has 1 aliphatic rings. The first-order valence-corrected chi connectivity index (χ1v) is 12.7. The molecular formula is C24H28N6O3S. The number of urea groups is 1. The predicted octanol–water partition coefficient (Wildman–Crippen LogP) is 2.58. The fourth-order valence-corrected chi connectivity index (χ4v) is 4.48. The van der Waals surface area contributed by atoms with Crippen LogP contribution in [-0.2, 0) is 16.0 Å². The number of rotatable bonds is 11. The molecular weight excluding hydrogens is 452 g/mol. The van der Waals surface area contributed by atoms with E-state index in [0.717, 1.165) is 17.0 Å². The maximum absolute atomic E-state index is 12.8. The molecule has 4 amide bonds. The molecule has 2 N–H and O–H groups in total. The average Bonchev–Trinajstić information content (AvgIpc) is 3.40. The van der Waals surface area contributed by atoms with E-state index in [1.54, 1.807) is 11.8 Å². The molecule has 3 aromatic rings. The number of thioether (sulfide) groups is 1. The molecule has 4 rings (SSSR count). The maximum atomic E-state index is 12.8. The van der Waals surface area contributed by atoms with Crippen LogP contribution in [0, 0.1) is 0 Å². The molecule has 2 atom stereocenters. The Bertz CT molecular complexity index is 1150. The summed E-state index contributed by atoms with van der Waals surface area (Å²) in [6.45, 7) is 0.314. The molecule has 3 heterocycles. The quantitative estimate of drug-likeness (QED) is 0.409. The third-order valence-corrected chi connectivity index (χ3v) is 6.48. The van der Waals surface area contributed by atoms with Crippen molar-refractivity contribution in [3.63, 3.8) is 0 Å². The number of hydrogen-bond donors (Lipinski definition) is 2. The lowest BCUT2D eigenvalue weighted by molar-refractivity contribution is -0.127. The summed E-state index contributed by atoms with van der Waals surface area (Å²) in [7, 11) is 0. The van der Waals surface area contributed by atoms with Gasteiger partial charge in [0.05, 0.1) is 6.04 Å². The van der Waals surface area contributed by atoms with E-state index in [9.17, 15) is 14.4 Å². The van der Waals surface area contributed by atoms with Crippen LogP contribution in [-0.4, -0.2) is 61.9 Å². The Labute approximate surface area is 202 Å². The summed E-state index contributed by atoms with van der Waals surface area (Å²) in [6, 6.07) is 14.0. The molecule has 0 aliphatic carbocycles. The first-order chi connectivity index (χ1) is 16.6. The third kappa shape index (κ3) is 5.56. The van der Waals surface area contributed by atoms with Gasteiger partial charge < -0.3 is 10.6 Å². The molecule has 0 spiro atoms. The van der Waals surface area contributed by atoms with E-state index < -0.39 is 12.1 Å². The Hall–Kier alpha value is -3.40. The Morgan fingerprint density at radius 2 is 1.94 bits per heavy atom. The fraction of sp³-hybridized carbons (Fsp3) is 0.375. The van der Waals surface area contributed by atoms with Gasteiger partial charge in [0, 0.05) is 19.2 Å². The van der Waals surface area contributed by atoms with Crippen LogP contribution in [0.15, 0.2) is 54.7 Å². The van der Waals surface area contributed by atoms with Crippen LogP contribution in [0.4, 0.5) is 4.79 Å². The van der Waals surface area contributed by atoms with E-state index in [1.807, 2.05) is 65.4 Å². The number of carbonyl (C=O) groups excluding carboxylic acids is 3. The topological polar surface area (TPSA) is 109 Å². The Morgan fingerprint density at radius 1 is 1.15 bits per heavy atom. The van der Waals surface area contributed by atoms with E-state index >= 15 is 0 Å². The van der Waals surface area contributed by atoms with Crippen molar-refractivity contribution in [3.05, 3.63) is 66.1 Å². The molecule has 1 fully saturated rings. The fourth-order valence-electron chi connectivity index (χ4n) is 4.01. The van der Waals surface area contributed by atoms with Gasteiger partial charge in [-0.3, -0.25) is 18.9 Å². The van der Waals surface area contributed by atoms with Crippen molar-refractivity contribution in [2.24, 2.45) is 0 Å². The van der Waals surface area contributed by atoms with Crippen LogP contribution in [0.25, 0.3) is 5.65 Å². The zero-order chi connectivity index (χ0) is 23.9. The van der Waals surface area contributed by atoms with Gasteiger partial charge >= 0.3 is 6.03 Å². The molecule has 178 valence electrons. The van der Waals surface area contributed by atoms with E-state index in [1.165, 1.54) is 4.90 Å². The average molecular weight is 481 g/mol. The monoisotopic (exact) mass is 480 g/mol. The summed E-state index contributed by atoms with van der Waals surface area (Å²) in [4.78, 5) is 39.1. The number of fused-ring (bicyclic) bond motifs is 1. The molecule has 9 nitrogen and oxygen atoms in total. The number of hydrogen-bond acceptors (Lipinski definition) is 6. The smallest absolute Gasteiger partial charge is 0.324 e. The molecule has 2 unspecified atom stereocenters. The Morgan fingerprint density at radius 3 is 2.74 bits per heavy atom. The molecule has 1 aliphatic heterocycles. The molecule has 0 bridgehead atoms. The summed E-state index contributed by atoms with van der Waals surface area (Å²) >= 11 is 1.69. The summed E-state index contributed by atoms with van der Waals surface area (Å²) in [5.74, 6) is 1.05. The third-order valence-electron chi connectivity index (χ3n) is 5.83. The first-order valence-electron chi connectivity index (χ1n) is 11.3. The van der Waals surface area contributed by atoms with Crippen LogP contribution >= 0.6 is 11.8 Å². The second-order valence-corrected chi connectivity index (χ2v) is 9.14. The van der Waals surface area contributed by atoms with Crippen LogP contribution < -0.4 is 10.6 Å². The molecule has 1 aromatic carbocycles. The van der Waals surface area contributed by atoms with Gasteiger partial charge in [-0.1, -0.05) is 36.4 Å². The summed E-state index contributed by atoms with van der Waals surface area (Å²) in [6.07, 6.45) is 5.55. The predicted molar refractivity (Wildman–Crippen MR) is 130 cm³/mol. The SMILES string of the molecule is CSCCC(NC(=O)CCC1NC(=O)N(CCc2ccccc2)C1=O)c1nnc2ccccn12. The molecule has 2 aromatic heterocycles. The number of imide groups is 1. The number of benzene rings is 1. The lowest BCUT2D eigenvalue weighted by Gasteiger charge is -2.17. The van der Waals surface area contributed by atoms with Crippen molar-refractivity contribution in [2.45, 2.75) is 37.8 Å². The van der Waals surface area contributed by atoms with Gasteiger partial charge in [-0.2, -0.15) is 11.8 Å². The highest BCUT2D eigenvalue weighted by Crippen LogP contribution is 2.19. The minimum Gasteiger partial charge on any atom is -0.346 e. The van der Waals surface area contributed by atoms with E-state index in [0.29, 0.717) is 25.2 Å². The Balaban J connectivity index is 1.33. The standard InChI is InChI=1S/C24H28N6O3S/c1-34-16-13-18(22-28-27-20-9-5-6-14-29(20)22)25-21(31)11-10-19-23(32)30(24(33)26-19)15-12-17-7-3-2-4-8-17/h2-9,14,18-19H,10-13,15-16H2,1H3,(H,25,31)(H,26,33). The van der Waals surface area contributed by atoms with Crippen LogP contribution in [0.3, 0.4) is 0 Å². The highest BCUT2D eigenvalue weighted by molar-refractivity contribution is 7.98. The lowest BCUT2D eigenvalue weighted by atomic mass is 10.1. The number of aromatic nitrogens is 3. The minimum atomic E-state index is -0.687. The number of amides is 4. The molecule has 10 heteroatoms. The normalized spacial score (nSPS) is 16.6. The van der Waals surface area contributed by atoms with E-state index in [-0.39, 0.29) is 30.7 Å². The summed E-state index contributed by atoms with van der Waals surface area (Å²) in [5, 5.41) is 14.2. The van der Waals surface area contributed by atoms with Crippen molar-refractivity contribution in [1.29, 1.82) is 0 Å².